The zero-order chi connectivity index (χ0) is 23.8. The topological polar surface area (TPSA) is 122 Å². The second kappa shape index (κ2) is 8.37. The first-order chi connectivity index (χ1) is 15.7. The Hall–Kier alpha value is -4.23. The lowest BCUT2D eigenvalue weighted by Gasteiger charge is -2.09. The molecule has 166 valence electrons. The Morgan fingerprint density at radius 3 is 2.61 bits per heavy atom. The minimum atomic E-state index is -3.70. The molecule has 0 saturated heterocycles. The van der Waals surface area contributed by atoms with Crippen molar-refractivity contribution >= 4 is 32.5 Å². The van der Waals surface area contributed by atoms with E-state index in [1.807, 2.05) is 6.07 Å². The minimum Gasteiger partial charge on any atom is -0.494 e. The van der Waals surface area contributed by atoms with Crippen molar-refractivity contribution in [2.75, 3.05) is 18.7 Å². The van der Waals surface area contributed by atoms with E-state index in [1.54, 1.807) is 18.2 Å². The van der Waals surface area contributed by atoms with Gasteiger partial charge < -0.3 is 14.5 Å². The van der Waals surface area contributed by atoms with Gasteiger partial charge in [0.15, 0.2) is 27.0 Å². The largest absolute Gasteiger partial charge is 0.494 e. The number of fused-ring (bicyclic) bond motifs is 1. The number of anilines is 1. The number of halogens is 1. The van der Waals surface area contributed by atoms with Crippen molar-refractivity contribution in [2.45, 2.75) is 4.90 Å². The summed E-state index contributed by atoms with van der Waals surface area (Å²) >= 11 is 0. The molecule has 0 bridgehead atoms. The summed E-state index contributed by atoms with van der Waals surface area (Å²) in [5.41, 5.74) is 1.54. The highest BCUT2D eigenvalue weighted by molar-refractivity contribution is 7.90. The number of benzene rings is 3. The van der Waals surface area contributed by atoms with Gasteiger partial charge in [0.25, 0.3) is 5.91 Å². The summed E-state index contributed by atoms with van der Waals surface area (Å²) in [5.74, 6) is -0.996. The van der Waals surface area contributed by atoms with Crippen LogP contribution in [0.3, 0.4) is 0 Å². The molecule has 0 aliphatic carbocycles. The summed E-state index contributed by atoms with van der Waals surface area (Å²) in [6, 6.07) is 14.6. The molecule has 8 nitrogen and oxygen atoms in total. The van der Waals surface area contributed by atoms with Crippen LogP contribution < -0.4 is 10.1 Å². The first-order valence-corrected chi connectivity index (χ1v) is 11.4. The molecular formula is C23H16FN3O5S. The maximum absolute atomic E-state index is 14.0. The Balaban J connectivity index is 1.66. The number of rotatable bonds is 5. The molecule has 0 aliphatic heterocycles. The summed E-state index contributed by atoms with van der Waals surface area (Å²) in [7, 11) is -2.34. The highest BCUT2D eigenvalue weighted by Gasteiger charge is 2.20. The van der Waals surface area contributed by atoms with Gasteiger partial charge in [-0.25, -0.2) is 17.8 Å². The molecule has 0 atom stereocenters. The quantitative estimate of drug-likeness (QED) is 0.469. The second-order valence-corrected chi connectivity index (χ2v) is 9.08. The molecule has 0 aliphatic rings. The molecule has 1 aromatic heterocycles. The third-order valence-corrected chi connectivity index (χ3v) is 5.95. The Kier molecular flexibility index (Phi) is 5.57. The molecule has 0 unspecified atom stereocenters. The van der Waals surface area contributed by atoms with Gasteiger partial charge in [-0.15, -0.1) is 0 Å². The van der Waals surface area contributed by atoms with Crippen LogP contribution in [0.15, 0.2) is 63.9 Å². The van der Waals surface area contributed by atoms with Crippen molar-refractivity contribution in [1.82, 2.24) is 4.98 Å². The summed E-state index contributed by atoms with van der Waals surface area (Å²) in [4.78, 5) is 17.0. The van der Waals surface area contributed by atoms with Crippen LogP contribution in [0, 0.1) is 17.1 Å². The molecule has 0 saturated carbocycles. The molecule has 10 heteroatoms. The number of hydrogen-bond acceptors (Lipinski definition) is 7. The van der Waals surface area contributed by atoms with Crippen LogP contribution in [0.2, 0.25) is 0 Å². The Morgan fingerprint density at radius 2 is 1.94 bits per heavy atom. The average Bonchev–Trinajstić information content (AvgIpc) is 3.21. The molecule has 1 heterocycles. The van der Waals surface area contributed by atoms with E-state index in [-0.39, 0.29) is 27.7 Å². The van der Waals surface area contributed by atoms with Crippen molar-refractivity contribution in [2.24, 2.45) is 0 Å². The standard InChI is InChI=1S/C23H16FN3O5S/c1-31-19-6-4-14(10-17(19)24)23-27-18-11-15(5-7-20(18)32-23)26-22(28)16-9-13(12-25)3-8-21(16)33(2,29)30/h3-11H,1-2H3,(H,26,28). The lowest BCUT2D eigenvalue weighted by Crippen LogP contribution is -2.16. The zero-order valence-electron chi connectivity index (χ0n) is 17.4. The number of methoxy groups -OCH3 is 1. The van der Waals surface area contributed by atoms with Gasteiger partial charge in [0.2, 0.25) is 5.89 Å². The number of aromatic nitrogens is 1. The fourth-order valence-electron chi connectivity index (χ4n) is 3.23. The molecule has 0 spiro atoms. The number of ether oxygens (including phenoxy) is 1. The number of amides is 1. The number of nitrogens with one attached hydrogen (secondary N) is 1. The van der Waals surface area contributed by atoms with E-state index >= 15 is 0 Å². The molecule has 33 heavy (non-hydrogen) atoms. The van der Waals surface area contributed by atoms with Gasteiger partial charge in [0, 0.05) is 17.5 Å². The van der Waals surface area contributed by atoms with E-state index in [9.17, 15) is 17.6 Å². The van der Waals surface area contributed by atoms with Crippen LogP contribution in [0.25, 0.3) is 22.6 Å². The van der Waals surface area contributed by atoms with Gasteiger partial charge in [-0.3, -0.25) is 4.79 Å². The highest BCUT2D eigenvalue weighted by Crippen LogP contribution is 2.29. The molecule has 1 amide bonds. The van der Waals surface area contributed by atoms with Crippen molar-refractivity contribution in [3.05, 3.63) is 71.5 Å². The number of nitriles is 1. The SMILES string of the molecule is COc1ccc(-c2nc3cc(NC(=O)c4cc(C#N)ccc4S(C)(=O)=O)ccc3o2)cc1F. The predicted octanol–water partition coefficient (Wildman–Crippen LogP) is 4.17. The smallest absolute Gasteiger partial charge is 0.257 e. The summed E-state index contributed by atoms with van der Waals surface area (Å²) in [6.07, 6.45) is 0.982. The third-order valence-electron chi connectivity index (χ3n) is 4.80. The van der Waals surface area contributed by atoms with Crippen LogP contribution in [0.4, 0.5) is 10.1 Å². The molecule has 4 rings (SSSR count). The van der Waals surface area contributed by atoms with E-state index in [2.05, 4.69) is 10.3 Å². The Bertz CT molecular complexity index is 1550. The molecule has 0 fully saturated rings. The van der Waals surface area contributed by atoms with Crippen molar-refractivity contribution in [3.63, 3.8) is 0 Å². The zero-order valence-corrected chi connectivity index (χ0v) is 18.2. The molecule has 3 aromatic carbocycles. The van der Waals surface area contributed by atoms with Crippen LogP contribution in [-0.4, -0.2) is 32.7 Å². The van der Waals surface area contributed by atoms with Gasteiger partial charge in [0.1, 0.15) is 5.52 Å². The minimum absolute atomic E-state index is 0.0915. The fourth-order valence-corrected chi connectivity index (χ4v) is 4.09. The molecule has 0 radical (unpaired) electrons. The Morgan fingerprint density at radius 1 is 1.15 bits per heavy atom. The van der Waals surface area contributed by atoms with E-state index in [0.29, 0.717) is 22.4 Å². The lowest BCUT2D eigenvalue weighted by molar-refractivity contribution is 0.102. The van der Waals surface area contributed by atoms with Crippen LogP contribution in [0.5, 0.6) is 5.75 Å². The maximum atomic E-state index is 14.0. The monoisotopic (exact) mass is 465 g/mol. The van der Waals surface area contributed by atoms with Gasteiger partial charge in [-0.05, 0) is 54.6 Å². The van der Waals surface area contributed by atoms with Crippen molar-refractivity contribution < 1.29 is 26.8 Å². The number of oxazole rings is 1. The normalized spacial score (nSPS) is 11.2. The van der Waals surface area contributed by atoms with E-state index in [1.165, 1.54) is 43.5 Å². The number of sulfone groups is 1. The molecular weight excluding hydrogens is 449 g/mol. The van der Waals surface area contributed by atoms with Crippen LogP contribution in [-0.2, 0) is 9.84 Å². The lowest BCUT2D eigenvalue weighted by atomic mass is 10.1. The third kappa shape index (κ3) is 4.40. The summed E-state index contributed by atoms with van der Waals surface area (Å²) in [6.45, 7) is 0. The Labute approximate surface area is 188 Å². The second-order valence-electron chi connectivity index (χ2n) is 7.10. The van der Waals surface area contributed by atoms with Gasteiger partial charge >= 0.3 is 0 Å². The number of hydrogen-bond donors (Lipinski definition) is 1. The number of nitrogens with zero attached hydrogens (tertiary/aromatic N) is 2. The predicted molar refractivity (Wildman–Crippen MR) is 118 cm³/mol. The first kappa shape index (κ1) is 22.0. The molecule has 1 N–H and O–H groups in total. The first-order valence-electron chi connectivity index (χ1n) is 9.49. The fraction of sp³-hybridized carbons (Fsp3) is 0.0870. The van der Waals surface area contributed by atoms with Gasteiger partial charge in [-0.2, -0.15) is 5.26 Å². The number of carbonyl (C=O) groups excluding carboxylic acids is 1. The van der Waals surface area contributed by atoms with E-state index < -0.39 is 21.6 Å². The van der Waals surface area contributed by atoms with E-state index in [4.69, 9.17) is 14.4 Å². The molecule has 4 aromatic rings. The van der Waals surface area contributed by atoms with Crippen LogP contribution >= 0.6 is 0 Å². The summed E-state index contributed by atoms with van der Waals surface area (Å²) < 4.78 is 48.7. The van der Waals surface area contributed by atoms with E-state index in [0.717, 1.165) is 6.26 Å². The maximum Gasteiger partial charge on any atom is 0.257 e. The van der Waals surface area contributed by atoms with Crippen molar-refractivity contribution in [3.8, 4) is 23.3 Å². The van der Waals surface area contributed by atoms with Crippen LogP contribution in [0.1, 0.15) is 15.9 Å². The summed E-state index contributed by atoms with van der Waals surface area (Å²) in [5, 5.41) is 11.7. The van der Waals surface area contributed by atoms with Crippen molar-refractivity contribution in [1.29, 1.82) is 5.26 Å². The van der Waals surface area contributed by atoms with Gasteiger partial charge in [0.05, 0.1) is 29.2 Å². The van der Waals surface area contributed by atoms with Gasteiger partial charge in [-0.1, -0.05) is 0 Å². The highest BCUT2D eigenvalue weighted by atomic mass is 32.2. The number of carbonyl (C=O) groups is 1. The average molecular weight is 465 g/mol.